The van der Waals surface area contributed by atoms with Gasteiger partial charge in [0.2, 0.25) is 11.8 Å². The van der Waals surface area contributed by atoms with Gasteiger partial charge in [0, 0.05) is 13.0 Å². The molecule has 2 rings (SSSR count). The minimum atomic E-state index is -4.43. The smallest absolute Gasteiger partial charge is 0.374 e. The van der Waals surface area contributed by atoms with Crippen molar-refractivity contribution in [1.29, 1.82) is 0 Å². The Morgan fingerprint density at radius 2 is 2.00 bits per heavy atom. The van der Waals surface area contributed by atoms with Crippen molar-refractivity contribution in [2.45, 2.75) is 19.0 Å². The predicted molar refractivity (Wildman–Crippen MR) is 75.6 cm³/mol. The van der Waals surface area contributed by atoms with Gasteiger partial charge in [-0.1, -0.05) is 12.1 Å². The molecule has 0 atom stereocenters. The van der Waals surface area contributed by atoms with Crippen molar-refractivity contribution in [2.75, 3.05) is 29.9 Å². The summed E-state index contributed by atoms with van der Waals surface area (Å²) in [7, 11) is 0. The Kier molecular flexibility index (Phi) is 4.89. The molecule has 0 spiro atoms. The van der Waals surface area contributed by atoms with Gasteiger partial charge in [-0.15, -0.1) is 0 Å². The van der Waals surface area contributed by atoms with Gasteiger partial charge in [-0.3, -0.25) is 9.59 Å². The van der Waals surface area contributed by atoms with E-state index in [0.717, 1.165) is 6.42 Å². The Hall–Kier alpha value is -2.25. The molecule has 22 heavy (non-hydrogen) atoms. The number of carbonyl (C=O) groups is 2. The second-order valence-electron chi connectivity index (χ2n) is 4.91. The highest BCUT2D eigenvalue weighted by Crippen LogP contribution is 2.29. The standard InChI is InChI=1S/C14H16F3N3O2/c15-14(16,17)9-19-12(21)8-18-10-4-1-2-5-11(10)20-7-3-6-13(20)22/h1-2,4-5,18H,3,6-9H2,(H,19,21). The first-order chi connectivity index (χ1) is 10.4. The summed E-state index contributed by atoms with van der Waals surface area (Å²) in [6, 6.07) is 6.90. The van der Waals surface area contributed by atoms with Crippen LogP contribution in [0.2, 0.25) is 0 Å². The molecule has 0 unspecified atom stereocenters. The highest BCUT2D eigenvalue weighted by molar-refractivity contribution is 5.98. The Morgan fingerprint density at radius 3 is 2.64 bits per heavy atom. The van der Waals surface area contributed by atoms with Crippen molar-refractivity contribution in [3.05, 3.63) is 24.3 Å². The molecule has 0 aliphatic carbocycles. The average Bonchev–Trinajstić information content (AvgIpc) is 2.88. The monoisotopic (exact) mass is 315 g/mol. The lowest BCUT2D eigenvalue weighted by molar-refractivity contribution is -0.137. The number of hydrogen-bond acceptors (Lipinski definition) is 3. The first kappa shape index (κ1) is 16.1. The van der Waals surface area contributed by atoms with E-state index in [2.05, 4.69) is 5.32 Å². The highest BCUT2D eigenvalue weighted by atomic mass is 19.4. The summed E-state index contributed by atoms with van der Waals surface area (Å²) in [4.78, 5) is 24.8. The van der Waals surface area contributed by atoms with Crippen molar-refractivity contribution in [3.8, 4) is 0 Å². The van der Waals surface area contributed by atoms with Crippen LogP contribution in [0.1, 0.15) is 12.8 Å². The van der Waals surface area contributed by atoms with Crippen LogP contribution in [0.3, 0.4) is 0 Å². The van der Waals surface area contributed by atoms with Crippen molar-refractivity contribution >= 4 is 23.2 Å². The van der Waals surface area contributed by atoms with E-state index < -0.39 is 18.6 Å². The molecule has 0 bridgehead atoms. The van der Waals surface area contributed by atoms with Gasteiger partial charge in [0.1, 0.15) is 6.54 Å². The molecule has 1 aromatic rings. The van der Waals surface area contributed by atoms with Crippen molar-refractivity contribution in [3.63, 3.8) is 0 Å². The van der Waals surface area contributed by atoms with Gasteiger partial charge in [-0.2, -0.15) is 13.2 Å². The zero-order chi connectivity index (χ0) is 16.2. The number of anilines is 2. The Balaban J connectivity index is 1.96. The largest absolute Gasteiger partial charge is 0.405 e. The topological polar surface area (TPSA) is 61.4 Å². The number of halogens is 3. The molecular formula is C14H16F3N3O2. The molecule has 1 aromatic carbocycles. The van der Waals surface area contributed by atoms with Gasteiger partial charge in [-0.25, -0.2) is 0 Å². The average molecular weight is 315 g/mol. The van der Waals surface area contributed by atoms with Crippen LogP contribution in [0.25, 0.3) is 0 Å². The maximum absolute atomic E-state index is 12.0. The fourth-order valence-electron chi connectivity index (χ4n) is 2.20. The second-order valence-corrected chi connectivity index (χ2v) is 4.91. The summed E-state index contributed by atoms with van der Waals surface area (Å²) in [6.07, 6.45) is -3.20. The van der Waals surface area contributed by atoms with Crippen LogP contribution in [-0.2, 0) is 9.59 Å². The van der Waals surface area contributed by atoms with Crippen LogP contribution in [0.15, 0.2) is 24.3 Å². The summed E-state index contributed by atoms with van der Waals surface area (Å²) < 4.78 is 36.0. The molecule has 0 aromatic heterocycles. The summed E-state index contributed by atoms with van der Waals surface area (Å²) >= 11 is 0. The lowest BCUT2D eigenvalue weighted by Crippen LogP contribution is -2.37. The van der Waals surface area contributed by atoms with Crippen LogP contribution >= 0.6 is 0 Å². The van der Waals surface area contributed by atoms with Crippen LogP contribution in [-0.4, -0.2) is 37.6 Å². The van der Waals surface area contributed by atoms with Crippen LogP contribution in [0.4, 0.5) is 24.5 Å². The zero-order valence-electron chi connectivity index (χ0n) is 11.7. The molecule has 2 N–H and O–H groups in total. The Morgan fingerprint density at radius 1 is 1.27 bits per heavy atom. The number of benzene rings is 1. The third-order valence-electron chi connectivity index (χ3n) is 3.19. The zero-order valence-corrected chi connectivity index (χ0v) is 11.7. The third-order valence-corrected chi connectivity index (χ3v) is 3.19. The van der Waals surface area contributed by atoms with E-state index in [-0.39, 0.29) is 12.5 Å². The van der Waals surface area contributed by atoms with E-state index in [1.54, 1.807) is 34.5 Å². The normalized spacial score (nSPS) is 15.0. The van der Waals surface area contributed by atoms with Crippen molar-refractivity contribution in [2.24, 2.45) is 0 Å². The van der Waals surface area contributed by atoms with Crippen molar-refractivity contribution in [1.82, 2.24) is 5.32 Å². The van der Waals surface area contributed by atoms with E-state index in [1.165, 1.54) is 0 Å². The lowest BCUT2D eigenvalue weighted by Gasteiger charge is -2.20. The summed E-state index contributed by atoms with van der Waals surface area (Å²) in [6.45, 7) is -1.06. The second kappa shape index (κ2) is 6.67. The molecule has 0 radical (unpaired) electrons. The minimum Gasteiger partial charge on any atom is -0.374 e. The first-order valence-electron chi connectivity index (χ1n) is 6.83. The molecule has 1 aliphatic heterocycles. The molecule has 120 valence electrons. The molecule has 8 heteroatoms. The number of para-hydroxylation sites is 2. The van der Waals surface area contributed by atoms with Gasteiger partial charge in [0.05, 0.1) is 17.9 Å². The molecule has 2 amide bonds. The van der Waals surface area contributed by atoms with Crippen LogP contribution < -0.4 is 15.5 Å². The van der Waals surface area contributed by atoms with Crippen LogP contribution in [0, 0.1) is 0 Å². The number of nitrogens with one attached hydrogen (secondary N) is 2. The molecule has 1 aliphatic rings. The summed E-state index contributed by atoms with van der Waals surface area (Å²) in [5.41, 5.74) is 1.17. The molecule has 1 saturated heterocycles. The highest BCUT2D eigenvalue weighted by Gasteiger charge is 2.28. The summed E-state index contributed by atoms with van der Waals surface area (Å²) in [5, 5.41) is 4.56. The van der Waals surface area contributed by atoms with Gasteiger partial charge in [-0.05, 0) is 18.6 Å². The van der Waals surface area contributed by atoms with E-state index in [0.29, 0.717) is 24.3 Å². The van der Waals surface area contributed by atoms with E-state index >= 15 is 0 Å². The minimum absolute atomic E-state index is 0.00391. The molecule has 1 heterocycles. The summed E-state index contributed by atoms with van der Waals surface area (Å²) in [5.74, 6) is -0.768. The number of amides is 2. The number of carbonyl (C=O) groups excluding carboxylic acids is 2. The maximum atomic E-state index is 12.0. The van der Waals surface area contributed by atoms with Gasteiger partial charge in [0.15, 0.2) is 0 Å². The third kappa shape index (κ3) is 4.37. The van der Waals surface area contributed by atoms with E-state index in [9.17, 15) is 22.8 Å². The van der Waals surface area contributed by atoms with Gasteiger partial charge >= 0.3 is 6.18 Å². The molecule has 1 fully saturated rings. The van der Waals surface area contributed by atoms with Gasteiger partial charge in [0.25, 0.3) is 0 Å². The number of rotatable bonds is 5. The molecule has 0 saturated carbocycles. The van der Waals surface area contributed by atoms with Crippen molar-refractivity contribution < 1.29 is 22.8 Å². The predicted octanol–water partition coefficient (Wildman–Crippen LogP) is 1.90. The Bertz CT molecular complexity index is 561. The maximum Gasteiger partial charge on any atom is 0.405 e. The fourth-order valence-corrected chi connectivity index (χ4v) is 2.20. The van der Waals surface area contributed by atoms with E-state index in [4.69, 9.17) is 0 Å². The number of hydrogen-bond donors (Lipinski definition) is 2. The number of alkyl halides is 3. The molecular weight excluding hydrogens is 299 g/mol. The quantitative estimate of drug-likeness (QED) is 0.872. The fraction of sp³-hybridized carbons (Fsp3) is 0.429. The Labute approximate surface area is 125 Å². The first-order valence-corrected chi connectivity index (χ1v) is 6.83. The lowest BCUT2D eigenvalue weighted by atomic mass is 10.2. The SMILES string of the molecule is O=C(CNc1ccccc1N1CCCC1=O)NCC(F)(F)F. The van der Waals surface area contributed by atoms with Gasteiger partial charge < -0.3 is 15.5 Å². The van der Waals surface area contributed by atoms with E-state index in [1.807, 2.05) is 0 Å². The number of nitrogens with zero attached hydrogens (tertiary/aromatic N) is 1. The molecule has 5 nitrogen and oxygen atoms in total. The van der Waals surface area contributed by atoms with Crippen LogP contribution in [0.5, 0.6) is 0 Å².